The lowest BCUT2D eigenvalue weighted by molar-refractivity contribution is -0.156. The van der Waals surface area contributed by atoms with Gasteiger partial charge in [-0.15, -0.1) is 0 Å². The molecule has 2 heterocycles. The zero-order chi connectivity index (χ0) is 19.8. The van der Waals surface area contributed by atoms with Crippen molar-refractivity contribution in [3.8, 4) is 11.1 Å². The third-order valence-corrected chi connectivity index (χ3v) is 4.19. The van der Waals surface area contributed by atoms with Gasteiger partial charge in [0.05, 0.1) is 11.8 Å². The van der Waals surface area contributed by atoms with Gasteiger partial charge in [0.25, 0.3) is 5.91 Å². The van der Waals surface area contributed by atoms with Crippen molar-refractivity contribution in [1.29, 1.82) is 0 Å². The molecule has 27 heavy (non-hydrogen) atoms. The number of benzene rings is 1. The normalized spacial score (nSPS) is 15.3. The van der Waals surface area contributed by atoms with Crippen LogP contribution in [0.3, 0.4) is 0 Å². The molecule has 1 aromatic carbocycles. The fourth-order valence-corrected chi connectivity index (χ4v) is 2.68. The molecule has 0 fully saturated rings. The molecule has 1 aliphatic rings. The minimum absolute atomic E-state index is 0.0522. The van der Waals surface area contributed by atoms with Crippen LogP contribution in [0.2, 0.25) is 0 Å². The number of hydrogen-bond donors (Lipinski definition) is 3. The summed E-state index contributed by atoms with van der Waals surface area (Å²) in [6, 6.07) is 0.821. The highest BCUT2D eigenvalue weighted by molar-refractivity contribution is 6.20. The summed E-state index contributed by atoms with van der Waals surface area (Å²) in [5.41, 5.74) is 6.64. The Bertz CT molecular complexity index is 903. The van der Waals surface area contributed by atoms with E-state index < -0.39 is 23.9 Å². The quantitative estimate of drug-likeness (QED) is 0.711. The van der Waals surface area contributed by atoms with Gasteiger partial charge in [0.1, 0.15) is 11.9 Å². The second kappa shape index (κ2) is 7.03. The number of carbonyl (C=O) groups excluding carboxylic acids is 1. The Morgan fingerprint density at radius 1 is 1.33 bits per heavy atom. The van der Waals surface area contributed by atoms with Gasteiger partial charge in [-0.05, 0) is 30.2 Å². The van der Waals surface area contributed by atoms with Crippen molar-refractivity contribution < 1.29 is 22.4 Å². The van der Waals surface area contributed by atoms with Gasteiger partial charge >= 0.3 is 6.18 Å². The van der Waals surface area contributed by atoms with E-state index in [1.54, 1.807) is 19.3 Å². The van der Waals surface area contributed by atoms with Crippen LogP contribution in [-0.4, -0.2) is 27.9 Å². The monoisotopic (exact) mass is 383 g/mol. The van der Waals surface area contributed by atoms with Crippen molar-refractivity contribution >= 4 is 11.5 Å². The van der Waals surface area contributed by atoms with Gasteiger partial charge in [0.2, 0.25) is 0 Å². The maximum Gasteiger partial charge on any atom is 0.408 e. The zero-order valence-corrected chi connectivity index (χ0v) is 14.5. The lowest BCUT2D eigenvalue weighted by atomic mass is 9.94. The van der Waals surface area contributed by atoms with Gasteiger partial charge in [-0.3, -0.25) is 9.48 Å². The third kappa shape index (κ3) is 3.95. The summed E-state index contributed by atoms with van der Waals surface area (Å²) >= 11 is 0. The lowest BCUT2D eigenvalue weighted by Crippen LogP contribution is -2.43. The number of fused-ring (bicyclic) bond motifs is 1. The number of halogens is 4. The van der Waals surface area contributed by atoms with Crippen LogP contribution in [0.1, 0.15) is 18.1 Å². The summed E-state index contributed by atoms with van der Waals surface area (Å²) in [6.07, 6.45) is -0.165. The second-order valence-electron chi connectivity index (χ2n) is 6.18. The molecule has 144 valence electrons. The number of nitrogens with one attached hydrogen (secondary N) is 3. The van der Waals surface area contributed by atoms with Crippen molar-refractivity contribution in [3.63, 3.8) is 0 Å². The molecule has 1 atom stereocenters. The number of hydrogen-bond acceptors (Lipinski definition) is 4. The Balaban J connectivity index is 2.02. The molecule has 3 N–H and O–H groups in total. The van der Waals surface area contributed by atoms with Crippen LogP contribution in [0.25, 0.3) is 16.7 Å². The minimum atomic E-state index is -4.59. The number of aryl methyl sites for hydroxylation is 1. The molecule has 0 saturated heterocycles. The van der Waals surface area contributed by atoms with Crippen LogP contribution in [0.5, 0.6) is 0 Å². The van der Waals surface area contributed by atoms with E-state index in [-0.39, 0.29) is 23.2 Å². The van der Waals surface area contributed by atoms with Crippen molar-refractivity contribution in [3.05, 3.63) is 47.7 Å². The molecule has 10 heteroatoms. The van der Waals surface area contributed by atoms with E-state index in [4.69, 9.17) is 0 Å². The van der Waals surface area contributed by atoms with Crippen molar-refractivity contribution in [2.24, 2.45) is 7.05 Å². The maximum atomic E-state index is 14.7. The Morgan fingerprint density at radius 3 is 2.70 bits per heavy atom. The molecule has 0 spiro atoms. The van der Waals surface area contributed by atoms with Gasteiger partial charge in [-0.2, -0.15) is 18.3 Å². The molecule has 1 aromatic heterocycles. The standard InChI is InChI=1S/C17H17F4N5O/c1-9(17(19,20)21)25-16(27)14-7-23-22-6-13-12(14)3-10(4-15(13)18)11-5-24-26(2)8-11/h3-5,7-9,22-23H,6H2,1-2H3,(H,25,27)/t9-/m0/s1. The van der Waals surface area contributed by atoms with E-state index in [0.29, 0.717) is 11.1 Å². The zero-order valence-electron chi connectivity index (χ0n) is 14.5. The first-order valence-electron chi connectivity index (χ1n) is 8.04. The van der Waals surface area contributed by atoms with E-state index in [2.05, 4.69) is 16.0 Å². The van der Waals surface area contributed by atoms with Crippen molar-refractivity contribution in [2.75, 3.05) is 0 Å². The highest BCUT2D eigenvalue weighted by Crippen LogP contribution is 2.30. The second-order valence-corrected chi connectivity index (χ2v) is 6.18. The Labute approximate surface area is 152 Å². The van der Waals surface area contributed by atoms with E-state index in [9.17, 15) is 22.4 Å². The number of aromatic nitrogens is 2. The van der Waals surface area contributed by atoms with Gasteiger partial charge in [-0.1, -0.05) is 0 Å². The molecular formula is C17H17F4N5O. The summed E-state index contributed by atoms with van der Waals surface area (Å²) in [4.78, 5) is 12.4. The Hall–Kier alpha value is -2.88. The molecule has 0 radical (unpaired) electrons. The van der Waals surface area contributed by atoms with Crippen molar-refractivity contribution in [2.45, 2.75) is 25.7 Å². The molecule has 1 amide bonds. The number of carbonyl (C=O) groups is 1. The molecule has 2 aromatic rings. The summed E-state index contributed by atoms with van der Waals surface area (Å²) in [5.74, 6) is -1.54. The van der Waals surface area contributed by atoms with Crippen molar-refractivity contribution in [1.82, 2.24) is 25.9 Å². The Kier molecular flexibility index (Phi) is 4.92. The number of hydrazine groups is 1. The molecule has 0 aliphatic carbocycles. The molecule has 0 saturated carbocycles. The van der Waals surface area contributed by atoms with E-state index >= 15 is 0 Å². The minimum Gasteiger partial charge on any atom is -0.340 e. The van der Waals surface area contributed by atoms with Gasteiger partial charge in [0, 0.05) is 37.1 Å². The molecule has 1 aliphatic heterocycles. The fourth-order valence-electron chi connectivity index (χ4n) is 2.68. The average Bonchev–Trinajstić information content (AvgIpc) is 2.89. The van der Waals surface area contributed by atoms with E-state index in [1.165, 1.54) is 23.1 Å². The first-order chi connectivity index (χ1) is 12.7. The summed E-state index contributed by atoms with van der Waals surface area (Å²) in [7, 11) is 1.70. The summed E-state index contributed by atoms with van der Waals surface area (Å²) in [5, 5.41) is 5.93. The number of alkyl halides is 3. The predicted molar refractivity (Wildman–Crippen MR) is 90.2 cm³/mol. The predicted octanol–water partition coefficient (Wildman–Crippen LogP) is 2.24. The van der Waals surface area contributed by atoms with E-state index in [0.717, 1.165) is 6.92 Å². The van der Waals surface area contributed by atoms with Crippen LogP contribution in [0.4, 0.5) is 17.6 Å². The first-order valence-corrected chi connectivity index (χ1v) is 8.04. The van der Waals surface area contributed by atoms with Gasteiger partial charge in [0.15, 0.2) is 0 Å². The average molecular weight is 383 g/mol. The topological polar surface area (TPSA) is 71.0 Å². The molecule has 0 bridgehead atoms. The van der Waals surface area contributed by atoms with Crippen LogP contribution in [0, 0.1) is 5.82 Å². The largest absolute Gasteiger partial charge is 0.408 e. The smallest absolute Gasteiger partial charge is 0.340 e. The molecule has 3 rings (SSSR count). The molecule has 6 nitrogen and oxygen atoms in total. The summed E-state index contributed by atoms with van der Waals surface area (Å²) < 4.78 is 54.5. The van der Waals surface area contributed by atoms with Gasteiger partial charge in [-0.25, -0.2) is 9.82 Å². The van der Waals surface area contributed by atoms with Crippen LogP contribution in [0.15, 0.2) is 30.7 Å². The fraction of sp³-hybridized carbons (Fsp3) is 0.294. The van der Waals surface area contributed by atoms with Crippen LogP contribution >= 0.6 is 0 Å². The SMILES string of the molecule is C[C@H](NC(=O)C1=CNNCc2c(F)cc(-c3cnn(C)c3)cc21)C(F)(F)F. The summed E-state index contributed by atoms with van der Waals surface area (Å²) in [6.45, 7) is 0.894. The maximum absolute atomic E-state index is 14.7. The molecule has 0 unspecified atom stereocenters. The highest BCUT2D eigenvalue weighted by atomic mass is 19.4. The first kappa shape index (κ1) is 18.9. The van der Waals surface area contributed by atoms with Gasteiger partial charge < -0.3 is 10.7 Å². The lowest BCUT2D eigenvalue weighted by Gasteiger charge is -2.19. The third-order valence-electron chi connectivity index (χ3n) is 4.19. The Morgan fingerprint density at radius 2 is 2.07 bits per heavy atom. The van der Waals surface area contributed by atoms with E-state index in [1.807, 2.05) is 5.32 Å². The highest BCUT2D eigenvalue weighted by Gasteiger charge is 2.37. The number of amides is 1. The molecular weight excluding hydrogens is 366 g/mol. The van der Waals surface area contributed by atoms with Crippen LogP contribution < -0.4 is 16.2 Å². The number of nitrogens with zero attached hydrogens (tertiary/aromatic N) is 2. The number of rotatable bonds is 3. The van der Waals surface area contributed by atoms with Crippen LogP contribution in [-0.2, 0) is 18.4 Å².